The molecule has 0 saturated heterocycles. The topological polar surface area (TPSA) is 116 Å². The predicted molar refractivity (Wildman–Crippen MR) is 168 cm³/mol. The summed E-state index contributed by atoms with van der Waals surface area (Å²) in [4.78, 5) is 43.5. The molecule has 3 atom stereocenters. The lowest BCUT2D eigenvalue weighted by Gasteiger charge is -2.36. The molecule has 0 unspecified atom stereocenters. The summed E-state index contributed by atoms with van der Waals surface area (Å²) < 4.78 is 1.26. The van der Waals surface area contributed by atoms with Crippen LogP contribution in [0, 0.1) is 5.92 Å². The van der Waals surface area contributed by atoms with Crippen LogP contribution in [0.1, 0.15) is 30.0 Å². The molecule has 0 radical (unpaired) electrons. The zero-order valence-corrected chi connectivity index (χ0v) is 24.5. The molecule has 1 aromatic heterocycles. The van der Waals surface area contributed by atoms with Gasteiger partial charge in [-0.05, 0) is 41.8 Å². The summed E-state index contributed by atoms with van der Waals surface area (Å²) in [6.07, 6.45) is 7.17. The van der Waals surface area contributed by atoms with Crippen molar-refractivity contribution in [2.45, 2.75) is 38.0 Å². The fraction of sp³-hybridized carbons (Fsp3) is 0.257. The molecule has 2 amide bonds. The van der Waals surface area contributed by atoms with E-state index in [0.29, 0.717) is 40.7 Å². The Bertz CT molecular complexity index is 1860. The molecule has 224 valence electrons. The third-order valence-electron chi connectivity index (χ3n) is 8.77. The van der Waals surface area contributed by atoms with E-state index in [9.17, 15) is 24.6 Å². The summed E-state index contributed by atoms with van der Waals surface area (Å²) in [7, 11) is 0. The van der Waals surface area contributed by atoms with Gasteiger partial charge in [-0.25, -0.2) is 0 Å². The third kappa shape index (κ3) is 4.84. The second kappa shape index (κ2) is 11.7. The van der Waals surface area contributed by atoms with E-state index in [1.807, 2.05) is 36.4 Å². The highest BCUT2D eigenvalue weighted by atomic mass is 16.3. The number of aliphatic hydroxyl groups is 2. The van der Waals surface area contributed by atoms with E-state index >= 15 is 0 Å². The lowest BCUT2D eigenvalue weighted by atomic mass is 9.82. The number of anilines is 1. The second-order valence-electron chi connectivity index (χ2n) is 11.4. The summed E-state index contributed by atoms with van der Waals surface area (Å²) in [6, 6.07) is 19.8. The lowest BCUT2D eigenvalue weighted by Crippen LogP contribution is -2.46. The number of aromatic nitrogens is 2. The molecule has 6 rings (SSSR count). The van der Waals surface area contributed by atoms with Crippen LogP contribution in [0.25, 0.3) is 16.5 Å². The number of carbonyl (C=O) groups is 2. The molecule has 2 aliphatic rings. The molecule has 0 fully saturated rings. The molecule has 9 nitrogen and oxygen atoms in total. The van der Waals surface area contributed by atoms with Crippen molar-refractivity contribution in [2.24, 2.45) is 5.92 Å². The van der Waals surface area contributed by atoms with Gasteiger partial charge in [0.1, 0.15) is 0 Å². The van der Waals surface area contributed by atoms with Gasteiger partial charge in [0.2, 0.25) is 5.91 Å². The minimum absolute atomic E-state index is 0.0486. The first-order chi connectivity index (χ1) is 21.3. The monoisotopic (exact) mass is 590 g/mol. The van der Waals surface area contributed by atoms with E-state index in [1.54, 1.807) is 66.6 Å². The first kappa shape index (κ1) is 29.2. The smallest absolute Gasteiger partial charge is 0.279 e. The standard InChI is InChI=1S/C35H34N4O5/c1-3-17-37-31-16-15-27(39-33(42)29-13-7-6-11-25(29)20-36-39)19-30(31)35(44,34(37)43)23(2)9-8-14-32(41)38-21-26-12-5-4-10-24(26)18-28(38)22-40/h3-13,15-16,19-20,23,28,40,44H,1,14,17-18,21-22H2,2H3/b9-8+/t23-,28+,35+/m1/s1. The van der Waals surface area contributed by atoms with Gasteiger partial charge in [-0.1, -0.05) is 67.6 Å². The Morgan fingerprint density at radius 1 is 1.11 bits per heavy atom. The van der Waals surface area contributed by atoms with E-state index in [4.69, 9.17) is 0 Å². The molecule has 3 aromatic carbocycles. The van der Waals surface area contributed by atoms with Crippen molar-refractivity contribution in [3.8, 4) is 5.69 Å². The van der Waals surface area contributed by atoms with Gasteiger partial charge >= 0.3 is 0 Å². The van der Waals surface area contributed by atoms with Gasteiger partial charge in [0.25, 0.3) is 11.5 Å². The summed E-state index contributed by atoms with van der Waals surface area (Å²) in [5.41, 5.74) is 1.20. The zero-order chi connectivity index (χ0) is 31.0. The number of amides is 2. The Morgan fingerprint density at radius 3 is 2.64 bits per heavy atom. The minimum atomic E-state index is -1.95. The molecule has 0 spiro atoms. The number of fused-ring (bicyclic) bond motifs is 3. The zero-order valence-electron chi connectivity index (χ0n) is 24.5. The van der Waals surface area contributed by atoms with Crippen molar-refractivity contribution in [1.82, 2.24) is 14.7 Å². The van der Waals surface area contributed by atoms with E-state index in [2.05, 4.69) is 11.7 Å². The fourth-order valence-corrected chi connectivity index (χ4v) is 6.32. The van der Waals surface area contributed by atoms with Crippen LogP contribution in [0.4, 0.5) is 5.69 Å². The SMILES string of the molecule is C=CCN1C(=O)[C@](O)([C@H](C)/C=C/CC(=O)N2Cc3ccccc3C[C@H]2CO)c2cc(-n3ncc4ccccc4c3=O)ccc21. The van der Waals surface area contributed by atoms with Crippen molar-refractivity contribution in [3.63, 3.8) is 0 Å². The van der Waals surface area contributed by atoms with E-state index in [0.717, 1.165) is 11.1 Å². The van der Waals surface area contributed by atoms with Crippen LogP contribution in [0.3, 0.4) is 0 Å². The Labute approximate surface area is 255 Å². The molecule has 4 aromatic rings. The first-order valence-electron chi connectivity index (χ1n) is 14.7. The second-order valence-corrected chi connectivity index (χ2v) is 11.4. The van der Waals surface area contributed by atoms with Crippen LogP contribution >= 0.6 is 0 Å². The van der Waals surface area contributed by atoms with E-state index in [1.165, 1.54) is 9.58 Å². The maximum atomic E-state index is 13.8. The molecule has 2 N–H and O–H groups in total. The fourth-order valence-electron chi connectivity index (χ4n) is 6.32. The summed E-state index contributed by atoms with van der Waals surface area (Å²) in [5.74, 6) is -1.38. The summed E-state index contributed by atoms with van der Waals surface area (Å²) in [6.45, 7) is 5.96. The number of nitrogens with zero attached hydrogens (tertiary/aromatic N) is 4. The Morgan fingerprint density at radius 2 is 1.86 bits per heavy atom. The van der Waals surface area contributed by atoms with Crippen LogP contribution in [0.15, 0.2) is 103 Å². The molecule has 0 bridgehead atoms. The van der Waals surface area contributed by atoms with E-state index < -0.39 is 17.4 Å². The lowest BCUT2D eigenvalue weighted by molar-refractivity contribution is -0.139. The Hall–Kier alpha value is -4.86. The van der Waals surface area contributed by atoms with Crippen molar-refractivity contribution >= 4 is 28.3 Å². The average Bonchev–Trinajstić information content (AvgIpc) is 3.26. The molecular weight excluding hydrogens is 556 g/mol. The van der Waals surface area contributed by atoms with E-state index in [-0.39, 0.29) is 37.1 Å². The van der Waals surface area contributed by atoms with Gasteiger partial charge < -0.3 is 20.0 Å². The van der Waals surface area contributed by atoms with Crippen molar-refractivity contribution in [2.75, 3.05) is 18.1 Å². The maximum absolute atomic E-state index is 13.8. The molecule has 0 aliphatic carbocycles. The molecule has 44 heavy (non-hydrogen) atoms. The van der Waals surface area contributed by atoms with Crippen molar-refractivity contribution in [1.29, 1.82) is 0 Å². The summed E-state index contributed by atoms with van der Waals surface area (Å²) in [5, 5.41) is 27.6. The van der Waals surface area contributed by atoms with Gasteiger partial charge in [-0.3, -0.25) is 14.4 Å². The third-order valence-corrected chi connectivity index (χ3v) is 8.77. The highest BCUT2D eigenvalue weighted by Crippen LogP contribution is 2.46. The van der Waals surface area contributed by atoms with Gasteiger partial charge in [0, 0.05) is 36.4 Å². The number of hydrogen-bond donors (Lipinski definition) is 2. The Balaban J connectivity index is 1.29. The number of aliphatic hydroxyl groups excluding tert-OH is 1. The highest BCUT2D eigenvalue weighted by molar-refractivity contribution is 6.07. The molecule has 2 aliphatic heterocycles. The van der Waals surface area contributed by atoms with Gasteiger partial charge in [0.15, 0.2) is 5.60 Å². The predicted octanol–water partition coefficient (Wildman–Crippen LogP) is 3.63. The number of hydrogen-bond acceptors (Lipinski definition) is 6. The first-order valence-corrected chi connectivity index (χ1v) is 14.7. The minimum Gasteiger partial charge on any atom is -0.394 e. The molecule has 3 heterocycles. The highest BCUT2D eigenvalue weighted by Gasteiger charge is 2.52. The van der Waals surface area contributed by atoms with Gasteiger partial charge in [-0.2, -0.15) is 9.78 Å². The van der Waals surface area contributed by atoms with Crippen LogP contribution in [-0.4, -0.2) is 55.9 Å². The quantitative estimate of drug-likeness (QED) is 0.303. The number of benzene rings is 3. The van der Waals surface area contributed by atoms with Crippen molar-refractivity contribution in [3.05, 3.63) is 125 Å². The van der Waals surface area contributed by atoms with Crippen LogP contribution in [0.5, 0.6) is 0 Å². The van der Waals surface area contributed by atoms with Crippen LogP contribution < -0.4 is 10.5 Å². The summed E-state index contributed by atoms with van der Waals surface area (Å²) >= 11 is 0. The normalized spacial score (nSPS) is 20.2. The molecule has 0 saturated carbocycles. The van der Waals surface area contributed by atoms with Gasteiger partial charge in [0.05, 0.1) is 35.6 Å². The van der Waals surface area contributed by atoms with Gasteiger partial charge in [-0.15, -0.1) is 6.58 Å². The average molecular weight is 591 g/mol. The maximum Gasteiger partial charge on any atom is 0.279 e. The van der Waals surface area contributed by atoms with Crippen molar-refractivity contribution < 1.29 is 19.8 Å². The number of rotatable bonds is 8. The number of carbonyl (C=O) groups excluding carboxylic acids is 2. The Kier molecular flexibility index (Phi) is 7.75. The largest absolute Gasteiger partial charge is 0.394 e. The van der Waals surface area contributed by atoms with Crippen LogP contribution in [0.2, 0.25) is 0 Å². The molecule has 9 heteroatoms. The van der Waals surface area contributed by atoms with Crippen LogP contribution in [-0.2, 0) is 28.2 Å². The molecular formula is C35H34N4O5.